The van der Waals surface area contributed by atoms with Crippen molar-refractivity contribution >= 4 is 11.7 Å². The van der Waals surface area contributed by atoms with Gasteiger partial charge in [-0.3, -0.25) is 0 Å². The number of hydrogen-bond donors (Lipinski definition) is 2. The highest BCUT2D eigenvalue weighted by atomic mass is 19.2. The molecule has 0 aliphatic rings. The molecule has 1 aromatic heterocycles. The van der Waals surface area contributed by atoms with Crippen LogP contribution >= 0.6 is 0 Å². The lowest BCUT2D eigenvalue weighted by Gasteiger charge is -2.01. The lowest BCUT2D eigenvalue weighted by Crippen LogP contribution is -2.02. The van der Waals surface area contributed by atoms with E-state index in [4.69, 9.17) is 10.2 Å². The Balaban J connectivity index is 2.11. The Labute approximate surface area is 95.6 Å². The summed E-state index contributed by atoms with van der Waals surface area (Å²) in [6.45, 7) is 0.396. The number of halogens is 2. The molecule has 0 amide bonds. The Kier molecular flexibility index (Phi) is 3.29. The van der Waals surface area contributed by atoms with Crippen LogP contribution in [-0.4, -0.2) is 16.7 Å². The van der Waals surface area contributed by atoms with Gasteiger partial charge in [-0.1, -0.05) is 5.10 Å². The normalized spacial score (nSPS) is 10.5. The number of aromatic nitrogens is 2. The van der Waals surface area contributed by atoms with Crippen LogP contribution < -0.4 is 11.1 Å². The van der Waals surface area contributed by atoms with E-state index < -0.39 is 11.6 Å². The van der Waals surface area contributed by atoms with Gasteiger partial charge in [-0.05, 0) is 12.1 Å². The number of hydrogen-bond acceptors (Lipinski definition) is 5. The van der Waals surface area contributed by atoms with Crippen LogP contribution in [0.25, 0.3) is 0 Å². The van der Waals surface area contributed by atoms with Gasteiger partial charge in [0.25, 0.3) is 0 Å². The van der Waals surface area contributed by atoms with E-state index in [0.29, 0.717) is 24.5 Å². The standard InChI is InChI=1S/C10H10F2N4O/c11-7-2-1-6(5-8(7)12)14-10-16-15-9(17-10)3-4-13/h1-2,5H,3-4,13H2,(H,14,16). The van der Waals surface area contributed by atoms with Crippen LogP contribution in [0.1, 0.15) is 5.89 Å². The molecule has 3 N–H and O–H groups in total. The van der Waals surface area contributed by atoms with E-state index in [1.165, 1.54) is 6.07 Å². The first-order chi connectivity index (χ1) is 8.19. The summed E-state index contributed by atoms with van der Waals surface area (Å²) in [5.74, 6) is -1.47. The smallest absolute Gasteiger partial charge is 0.320 e. The molecule has 0 fully saturated rings. The van der Waals surface area contributed by atoms with Crippen LogP contribution in [0.2, 0.25) is 0 Å². The Hall–Kier alpha value is -2.02. The molecule has 5 nitrogen and oxygen atoms in total. The number of anilines is 2. The molecule has 90 valence electrons. The Bertz CT molecular complexity index is 515. The summed E-state index contributed by atoms with van der Waals surface area (Å²) < 4.78 is 30.8. The van der Waals surface area contributed by atoms with Crippen molar-refractivity contribution in [3.05, 3.63) is 35.7 Å². The fourth-order valence-electron chi connectivity index (χ4n) is 1.23. The second kappa shape index (κ2) is 4.88. The highest BCUT2D eigenvalue weighted by Gasteiger charge is 2.07. The van der Waals surface area contributed by atoms with Crippen LogP contribution in [0, 0.1) is 11.6 Å². The molecule has 0 saturated carbocycles. The Morgan fingerprint density at radius 1 is 1.24 bits per heavy atom. The van der Waals surface area contributed by atoms with Gasteiger partial charge in [-0.2, -0.15) is 0 Å². The molecule has 0 unspecified atom stereocenters. The summed E-state index contributed by atoms with van der Waals surface area (Å²) in [4.78, 5) is 0. The molecule has 1 heterocycles. The molecule has 1 aromatic carbocycles. The van der Waals surface area contributed by atoms with Gasteiger partial charge in [0, 0.05) is 24.7 Å². The molecule has 0 spiro atoms. The van der Waals surface area contributed by atoms with Crippen molar-refractivity contribution in [3.8, 4) is 0 Å². The highest BCUT2D eigenvalue weighted by molar-refractivity contribution is 5.51. The molecule has 7 heteroatoms. The van der Waals surface area contributed by atoms with Gasteiger partial charge in [0.05, 0.1) is 0 Å². The third-order valence-corrected chi connectivity index (χ3v) is 2.00. The van der Waals surface area contributed by atoms with Crippen molar-refractivity contribution < 1.29 is 13.2 Å². The van der Waals surface area contributed by atoms with Crippen molar-refractivity contribution in [3.63, 3.8) is 0 Å². The SMILES string of the molecule is NCCc1nnc(Nc2ccc(F)c(F)c2)o1. The topological polar surface area (TPSA) is 77.0 Å². The predicted molar refractivity (Wildman–Crippen MR) is 56.7 cm³/mol. The van der Waals surface area contributed by atoms with Gasteiger partial charge in [-0.15, -0.1) is 5.10 Å². The maximum atomic E-state index is 12.9. The zero-order chi connectivity index (χ0) is 12.3. The third-order valence-electron chi connectivity index (χ3n) is 2.00. The predicted octanol–water partition coefficient (Wildman–Crippen LogP) is 1.59. The van der Waals surface area contributed by atoms with E-state index in [1.54, 1.807) is 0 Å². The van der Waals surface area contributed by atoms with Gasteiger partial charge in [0.2, 0.25) is 5.89 Å². The zero-order valence-electron chi connectivity index (χ0n) is 8.78. The molecule has 0 radical (unpaired) electrons. The van der Waals surface area contributed by atoms with E-state index in [0.717, 1.165) is 12.1 Å². The van der Waals surface area contributed by atoms with E-state index in [9.17, 15) is 8.78 Å². The minimum absolute atomic E-state index is 0.111. The lowest BCUT2D eigenvalue weighted by molar-refractivity contribution is 0.506. The van der Waals surface area contributed by atoms with Crippen LogP contribution in [0.15, 0.2) is 22.6 Å². The average Bonchev–Trinajstić information content (AvgIpc) is 2.72. The lowest BCUT2D eigenvalue weighted by atomic mass is 10.3. The largest absolute Gasteiger partial charge is 0.408 e. The van der Waals surface area contributed by atoms with Crippen molar-refractivity contribution in [2.75, 3.05) is 11.9 Å². The molecule has 0 bridgehead atoms. The van der Waals surface area contributed by atoms with E-state index in [1.807, 2.05) is 0 Å². The number of rotatable bonds is 4. The summed E-state index contributed by atoms with van der Waals surface area (Å²) in [6, 6.07) is 3.49. The van der Waals surface area contributed by atoms with Gasteiger partial charge < -0.3 is 15.5 Å². The molecular formula is C10H10F2N4O. The number of benzene rings is 1. The quantitative estimate of drug-likeness (QED) is 0.848. The van der Waals surface area contributed by atoms with E-state index >= 15 is 0 Å². The van der Waals surface area contributed by atoms with Crippen molar-refractivity contribution in [2.45, 2.75) is 6.42 Å². The molecule has 0 aliphatic carbocycles. The first-order valence-corrected chi connectivity index (χ1v) is 4.93. The van der Waals surface area contributed by atoms with Gasteiger partial charge in [-0.25, -0.2) is 8.78 Å². The summed E-state index contributed by atoms with van der Waals surface area (Å²) in [5.41, 5.74) is 5.65. The summed E-state index contributed by atoms with van der Waals surface area (Å²) >= 11 is 0. The molecule has 2 rings (SSSR count). The monoisotopic (exact) mass is 240 g/mol. The highest BCUT2D eigenvalue weighted by Crippen LogP contribution is 2.17. The number of nitrogens with one attached hydrogen (secondary N) is 1. The van der Waals surface area contributed by atoms with Crippen molar-refractivity contribution in [1.29, 1.82) is 0 Å². The summed E-state index contributed by atoms with van der Waals surface area (Å²) in [7, 11) is 0. The summed E-state index contributed by atoms with van der Waals surface area (Å²) in [5, 5.41) is 10.1. The number of nitrogens with two attached hydrogens (primary N) is 1. The fourth-order valence-corrected chi connectivity index (χ4v) is 1.23. The summed E-state index contributed by atoms with van der Waals surface area (Å²) in [6.07, 6.45) is 0.465. The second-order valence-electron chi connectivity index (χ2n) is 3.29. The van der Waals surface area contributed by atoms with Crippen LogP contribution in [0.5, 0.6) is 0 Å². The first kappa shape index (κ1) is 11.5. The molecule has 0 atom stereocenters. The maximum absolute atomic E-state index is 12.9. The van der Waals surface area contributed by atoms with E-state index in [2.05, 4.69) is 15.5 Å². The average molecular weight is 240 g/mol. The van der Waals surface area contributed by atoms with Crippen LogP contribution in [-0.2, 0) is 6.42 Å². The maximum Gasteiger partial charge on any atom is 0.320 e. The number of nitrogens with zero attached hydrogens (tertiary/aromatic N) is 2. The van der Waals surface area contributed by atoms with Crippen LogP contribution in [0.3, 0.4) is 0 Å². The molecule has 0 saturated heterocycles. The molecule has 2 aromatic rings. The van der Waals surface area contributed by atoms with Crippen molar-refractivity contribution in [1.82, 2.24) is 10.2 Å². The van der Waals surface area contributed by atoms with Gasteiger partial charge >= 0.3 is 6.01 Å². The minimum atomic E-state index is -0.948. The van der Waals surface area contributed by atoms with Gasteiger partial charge in [0.15, 0.2) is 11.6 Å². The molecule has 17 heavy (non-hydrogen) atoms. The Morgan fingerprint density at radius 3 is 2.76 bits per heavy atom. The van der Waals surface area contributed by atoms with Gasteiger partial charge in [0.1, 0.15) is 0 Å². The first-order valence-electron chi connectivity index (χ1n) is 4.93. The molecule has 0 aliphatic heterocycles. The zero-order valence-corrected chi connectivity index (χ0v) is 8.78. The molecular weight excluding hydrogens is 230 g/mol. The Morgan fingerprint density at radius 2 is 2.06 bits per heavy atom. The minimum Gasteiger partial charge on any atom is -0.408 e. The van der Waals surface area contributed by atoms with Crippen molar-refractivity contribution in [2.24, 2.45) is 5.73 Å². The van der Waals surface area contributed by atoms with E-state index in [-0.39, 0.29) is 6.01 Å². The fraction of sp³-hybridized carbons (Fsp3) is 0.200. The second-order valence-corrected chi connectivity index (χ2v) is 3.29. The third kappa shape index (κ3) is 2.76. The van der Waals surface area contributed by atoms with Crippen LogP contribution in [0.4, 0.5) is 20.5 Å².